The predicted molar refractivity (Wildman–Crippen MR) is 112 cm³/mol. The van der Waals surface area contributed by atoms with E-state index in [0.29, 0.717) is 30.2 Å². The molecule has 30 heavy (non-hydrogen) atoms. The number of piperazine rings is 1. The normalized spacial score (nSPS) is 15.8. The smallest absolute Gasteiger partial charge is 0.296 e. The summed E-state index contributed by atoms with van der Waals surface area (Å²) in [5, 5.41) is 12.7. The van der Waals surface area contributed by atoms with Crippen LogP contribution < -0.4 is 0 Å². The summed E-state index contributed by atoms with van der Waals surface area (Å²) < 4.78 is 0. The number of tetrazole rings is 1. The van der Waals surface area contributed by atoms with Crippen LogP contribution in [0.4, 0.5) is 0 Å². The van der Waals surface area contributed by atoms with E-state index in [2.05, 4.69) is 15.4 Å². The van der Waals surface area contributed by atoms with Gasteiger partial charge in [-0.05, 0) is 49.4 Å². The fourth-order valence-corrected chi connectivity index (χ4v) is 3.79. The molecule has 1 fully saturated rings. The average molecular weight is 425 g/mol. The van der Waals surface area contributed by atoms with Crippen LogP contribution in [0.15, 0.2) is 54.6 Å². The van der Waals surface area contributed by atoms with Gasteiger partial charge in [0.25, 0.3) is 17.6 Å². The summed E-state index contributed by atoms with van der Waals surface area (Å²) in [4.78, 5) is 30.7. The lowest BCUT2D eigenvalue weighted by Crippen LogP contribution is -2.62. The fourth-order valence-electron chi connectivity index (χ4n) is 3.60. The number of hydrogen-bond donors (Lipinski definition) is 0. The molecule has 0 saturated carbocycles. The van der Waals surface area contributed by atoms with Crippen molar-refractivity contribution in [2.24, 2.45) is 0 Å². The van der Waals surface area contributed by atoms with E-state index in [1.54, 1.807) is 34.1 Å². The quantitative estimate of drug-likeness (QED) is 0.645. The van der Waals surface area contributed by atoms with Crippen LogP contribution in [-0.2, 0) is 0 Å². The van der Waals surface area contributed by atoms with E-state index in [1.165, 1.54) is 4.80 Å². The lowest BCUT2D eigenvalue weighted by atomic mass is 9.97. The zero-order chi connectivity index (χ0) is 21.3. The van der Waals surface area contributed by atoms with Crippen molar-refractivity contribution < 1.29 is 9.59 Å². The summed E-state index contributed by atoms with van der Waals surface area (Å²) >= 11 is 6.02. The highest BCUT2D eigenvalue weighted by Gasteiger charge is 2.40. The first-order chi connectivity index (χ1) is 14.3. The minimum absolute atomic E-state index is 0.0292. The molecule has 1 aliphatic heterocycles. The van der Waals surface area contributed by atoms with Crippen LogP contribution in [0.25, 0.3) is 5.69 Å². The van der Waals surface area contributed by atoms with Crippen LogP contribution in [0.5, 0.6) is 0 Å². The Balaban J connectivity index is 1.49. The molecule has 2 heterocycles. The van der Waals surface area contributed by atoms with Gasteiger partial charge in [0, 0.05) is 30.2 Å². The number of benzene rings is 2. The van der Waals surface area contributed by atoms with Crippen molar-refractivity contribution in [1.29, 1.82) is 0 Å². The first-order valence-electron chi connectivity index (χ1n) is 9.57. The number of nitrogens with zero attached hydrogens (tertiary/aromatic N) is 6. The monoisotopic (exact) mass is 424 g/mol. The summed E-state index contributed by atoms with van der Waals surface area (Å²) in [5.74, 6) is -0.385. The van der Waals surface area contributed by atoms with Gasteiger partial charge in [-0.15, -0.1) is 15.0 Å². The van der Waals surface area contributed by atoms with Crippen molar-refractivity contribution in [3.63, 3.8) is 0 Å². The van der Waals surface area contributed by atoms with Crippen molar-refractivity contribution in [2.45, 2.75) is 19.4 Å². The van der Waals surface area contributed by atoms with Crippen LogP contribution >= 0.6 is 11.6 Å². The molecule has 0 N–H and O–H groups in total. The first-order valence-corrected chi connectivity index (χ1v) is 9.95. The number of para-hydroxylation sites is 1. The number of carbonyl (C=O) groups is 2. The molecule has 0 aliphatic carbocycles. The van der Waals surface area contributed by atoms with Crippen molar-refractivity contribution in [1.82, 2.24) is 30.0 Å². The predicted octanol–water partition coefficient (Wildman–Crippen LogP) is 2.69. The van der Waals surface area contributed by atoms with Gasteiger partial charge < -0.3 is 9.80 Å². The maximum Gasteiger partial charge on any atom is 0.296 e. The summed E-state index contributed by atoms with van der Waals surface area (Å²) in [7, 11) is 0. The van der Waals surface area contributed by atoms with Crippen molar-refractivity contribution >= 4 is 23.4 Å². The van der Waals surface area contributed by atoms with E-state index in [-0.39, 0.29) is 17.6 Å². The van der Waals surface area contributed by atoms with E-state index < -0.39 is 5.54 Å². The van der Waals surface area contributed by atoms with E-state index in [9.17, 15) is 9.59 Å². The van der Waals surface area contributed by atoms with E-state index >= 15 is 0 Å². The highest BCUT2D eigenvalue weighted by Crippen LogP contribution is 2.24. The molecule has 154 valence electrons. The third kappa shape index (κ3) is 3.91. The Morgan fingerprint density at radius 3 is 2.47 bits per heavy atom. The van der Waals surface area contributed by atoms with Gasteiger partial charge in [-0.2, -0.15) is 0 Å². The van der Waals surface area contributed by atoms with Crippen molar-refractivity contribution in [3.05, 3.63) is 71.0 Å². The zero-order valence-electron chi connectivity index (χ0n) is 16.7. The van der Waals surface area contributed by atoms with Crippen LogP contribution in [0.3, 0.4) is 0 Å². The molecule has 1 aliphatic rings. The van der Waals surface area contributed by atoms with Gasteiger partial charge in [-0.1, -0.05) is 35.9 Å². The van der Waals surface area contributed by atoms with Crippen molar-refractivity contribution in [3.8, 4) is 5.69 Å². The van der Waals surface area contributed by atoms with E-state index in [1.807, 2.05) is 44.2 Å². The third-order valence-electron chi connectivity index (χ3n) is 5.10. The minimum Gasteiger partial charge on any atom is -0.335 e. The number of aromatic nitrogens is 4. The lowest BCUT2D eigenvalue weighted by Gasteiger charge is -2.46. The largest absolute Gasteiger partial charge is 0.335 e. The summed E-state index contributed by atoms with van der Waals surface area (Å²) in [6.45, 7) is 5.01. The van der Waals surface area contributed by atoms with Gasteiger partial charge in [0.1, 0.15) is 0 Å². The maximum absolute atomic E-state index is 13.1. The average Bonchev–Trinajstić information content (AvgIpc) is 3.23. The second-order valence-electron chi connectivity index (χ2n) is 7.74. The SMILES string of the molecule is CC1(C)CN(C(=O)c2cccc(Cl)c2)CCN1C(=O)c1nnn(-c2ccccc2)n1. The molecule has 0 unspecified atom stereocenters. The topological polar surface area (TPSA) is 84.2 Å². The van der Waals surface area contributed by atoms with Gasteiger partial charge in [0.15, 0.2) is 0 Å². The molecule has 1 aromatic heterocycles. The number of rotatable bonds is 3. The molecule has 4 rings (SSSR count). The van der Waals surface area contributed by atoms with Crippen LogP contribution in [0.2, 0.25) is 5.02 Å². The second kappa shape index (κ2) is 7.87. The van der Waals surface area contributed by atoms with E-state index in [4.69, 9.17) is 11.6 Å². The number of hydrogen-bond acceptors (Lipinski definition) is 5. The molecule has 2 aromatic carbocycles. The molecule has 0 bridgehead atoms. The Morgan fingerprint density at radius 2 is 1.77 bits per heavy atom. The van der Waals surface area contributed by atoms with E-state index in [0.717, 1.165) is 5.69 Å². The van der Waals surface area contributed by atoms with Crippen LogP contribution in [-0.4, -0.2) is 67.0 Å². The Bertz CT molecular complexity index is 1080. The van der Waals surface area contributed by atoms with Crippen molar-refractivity contribution in [2.75, 3.05) is 19.6 Å². The molecule has 2 amide bonds. The maximum atomic E-state index is 13.1. The molecule has 3 aromatic rings. The highest BCUT2D eigenvalue weighted by atomic mass is 35.5. The number of halogens is 1. The molecule has 1 saturated heterocycles. The van der Waals surface area contributed by atoms with Gasteiger partial charge in [-0.3, -0.25) is 9.59 Å². The summed E-state index contributed by atoms with van der Waals surface area (Å²) in [6, 6.07) is 16.2. The Morgan fingerprint density at radius 1 is 1.00 bits per heavy atom. The molecule has 0 radical (unpaired) electrons. The highest BCUT2D eigenvalue weighted by molar-refractivity contribution is 6.30. The van der Waals surface area contributed by atoms with Crippen LogP contribution in [0, 0.1) is 0 Å². The number of amides is 2. The van der Waals surface area contributed by atoms with Crippen LogP contribution in [0.1, 0.15) is 34.8 Å². The van der Waals surface area contributed by atoms with Gasteiger partial charge >= 0.3 is 0 Å². The molecule has 0 atom stereocenters. The molecular formula is C21H21ClN6O2. The standard InChI is InChI=1S/C21H21ClN6O2/c1-21(2)14-26(19(29)15-7-6-8-16(22)13-15)11-12-27(21)20(30)18-23-25-28(24-18)17-9-4-3-5-10-17/h3-10,13H,11-12,14H2,1-2H3. The van der Waals surface area contributed by atoms with Gasteiger partial charge in [-0.25, -0.2) is 0 Å². The summed E-state index contributed by atoms with van der Waals surface area (Å²) in [6.07, 6.45) is 0. The lowest BCUT2D eigenvalue weighted by molar-refractivity contribution is 0.0160. The summed E-state index contributed by atoms with van der Waals surface area (Å²) in [5.41, 5.74) is 0.660. The zero-order valence-corrected chi connectivity index (χ0v) is 17.5. The first kappa shape index (κ1) is 20.0. The minimum atomic E-state index is -0.595. The number of carbonyl (C=O) groups excluding carboxylic acids is 2. The Kier molecular flexibility index (Phi) is 5.26. The fraction of sp³-hybridized carbons (Fsp3) is 0.286. The van der Waals surface area contributed by atoms with Gasteiger partial charge in [0.2, 0.25) is 0 Å². The molecular weight excluding hydrogens is 404 g/mol. The molecule has 8 nitrogen and oxygen atoms in total. The third-order valence-corrected chi connectivity index (χ3v) is 5.33. The molecule has 0 spiro atoms. The molecule has 9 heteroatoms. The Labute approximate surface area is 179 Å². The van der Waals surface area contributed by atoms with Gasteiger partial charge in [0.05, 0.1) is 11.2 Å². The Hall–Kier alpha value is -3.26. The second-order valence-corrected chi connectivity index (χ2v) is 8.18.